The third-order valence-corrected chi connectivity index (χ3v) is 4.45. The molecule has 3 heterocycles. The molecule has 148 valence electrons. The van der Waals surface area contributed by atoms with Gasteiger partial charge in [0.25, 0.3) is 0 Å². The van der Waals surface area contributed by atoms with Gasteiger partial charge < -0.3 is 15.0 Å². The van der Waals surface area contributed by atoms with Crippen molar-refractivity contribution in [2.24, 2.45) is 0 Å². The minimum Gasteiger partial charge on any atom is -0.444 e. The lowest BCUT2D eigenvalue weighted by molar-refractivity contribution is 0.0203. The second kappa shape index (κ2) is 8.25. The topological polar surface area (TPSA) is 120 Å². The van der Waals surface area contributed by atoms with Crippen LogP contribution in [0.25, 0.3) is 0 Å². The molecule has 0 unspecified atom stereocenters. The SMILES string of the molecule is CC(C)(C)OC(=O)N1CCC(c2n[nH]c(CNc3ccncc3C#N)n2)CC1. The summed E-state index contributed by atoms with van der Waals surface area (Å²) in [7, 11) is 0. The zero-order valence-corrected chi connectivity index (χ0v) is 16.4. The molecule has 2 aromatic rings. The summed E-state index contributed by atoms with van der Waals surface area (Å²) < 4.78 is 5.43. The van der Waals surface area contributed by atoms with Crippen LogP contribution in [-0.2, 0) is 11.3 Å². The third-order valence-electron chi connectivity index (χ3n) is 4.45. The number of nitrogens with one attached hydrogen (secondary N) is 2. The van der Waals surface area contributed by atoms with Gasteiger partial charge in [-0.15, -0.1) is 0 Å². The molecule has 1 amide bonds. The highest BCUT2D eigenvalue weighted by molar-refractivity contribution is 5.68. The predicted molar refractivity (Wildman–Crippen MR) is 102 cm³/mol. The Morgan fingerprint density at radius 3 is 2.86 bits per heavy atom. The van der Waals surface area contributed by atoms with Crippen LogP contribution in [0, 0.1) is 11.3 Å². The van der Waals surface area contributed by atoms with Gasteiger partial charge in [-0.25, -0.2) is 9.78 Å². The quantitative estimate of drug-likeness (QED) is 0.833. The number of amides is 1. The molecule has 2 aromatic heterocycles. The molecule has 0 radical (unpaired) electrons. The molecule has 9 nitrogen and oxygen atoms in total. The number of aromatic nitrogens is 4. The molecule has 0 bridgehead atoms. The van der Waals surface area contributed by atoms with E-state index in [9.17, 15) is 4.79 Å². The van der Waals surface area contributed by atoms with E-state index in [4.69, 9.17) is 10.00 Å². The predicted octanol–water partition coefficient (Wildman–Crippen LogP) is 2.80. The van der Waals surface area contributed by atoms with Gasteiger partial charge in [0.1, 0.15) is 17.5 Å². The number of aromatic amines is 1. The number of nitriles is 1. The van der Waals surface area contributed by atoms with Crippen LogP contribution in [0.2, 0.25) is 0 Å². The number of likely N-dealkylation sites (tertiary alicyclic amines) is 1. The van der Waals surface area contributed by atoms with E-state index in [1.54, 1.807) is 17.2 Å². The van der Waals surface area contributed by atoms with E-state index in [2.05, 4.69) is 31.6 Å². The summed E-state index contributed by atoms with van der Waals surface area (Å²) in [5.41, 5.74) is 0.706. The highest BCUT2D eigenvalue weighted by Gasteiger charge is 2.29. The number of ether oxygens (including phenoxy) is 1. The van der Waals surface area contributed by atoms with E-state index in [-0.39, 0.29) is 12.0 Å². The number of pyridine rings is 1. The van der Waals surface area contributed by atoms with Crippen LogP contribution in [0.4, 0.5) is 10.5 Å². The molecule has 1 aliphatic rings. The van der Waals surface area contributed by atoms with Gasteiger partial charge in [-0.3, -0.25) is 10.1 Å². The molecular weight excluding hydrogens is 358 g/mol. The van der Waals surface area contributed by atoms with Gasteiger partial charge in [-0.2, -0.15) is 10.4 Å². The van der Waals surface area contributed by atoms with E-state index >= 15 is 0 Å². The Morgan fingerprint density at radius 2 is 2.18 bits per heavy atom. The van der Waals surface area contributed by atoms with Crippen molar-refractivity contribution in [2.75, 3.05) is 18.4 Å². The van der Waals surface area contributed by atoms with Gasteiger partial charge in [-0.1, -0.05) is 0 Å². The van der Waals surface area contributed by atoms with Crippen LogP contribution in [0.15, 0.2) is 18.5 Å². The summed E-state index contributed by atoms with van der Waals surface area (Å²) >= 11 is 0. The molecule has 0 saturated carbocycles. The standard InChI is InChI=1S/C19H25N7O2/c1-19(2,3)28-18(27)26-8-5-13(6-9-26)17-23-16(24-25-17)12-22-15-4-7-21-11-14(15)10-20/h4,7,11,13H,5-6,8-9,12H2,1-3H3,(H,21,22)(H,23,24,25). The Hall–Kier alpha value is -3.15. The Balaban J connectivity index is 1.52. The second-order valence-electron chi connectivity index (χ2n) is 7.77. The molecule has 3 rings (SSSR count). The summed E-state index contributed by atoms with van der Waals surface area (Å²) in [6, 6.07) is 3.85. The zero-order chi connectivity index (χ0) is 20.1. The molecule has 1 aliphatic heterocycles. The van der Waals surface area contributed by atoms with E-state index in [0.717, 1.165) is 18.7 Å². The highest BCUT2D eigenvalue weighted by Crippen LogP contribution is 2.26. The minimum absolute atomic E-state index is 0.208. The number of hydrogen-bond donors (Lipinski definition) is 2. The summed E-state index contributed by atoms with van der Waals surface area (Å²) in [5.74, 6) is 1.67. The molecule has 0 atom stereocenters. The van der Waals surface area contributed by atoms with Crippen molar-refractivity contribution in [1.82, 2.24) is 25.1 Å². The van der Waals surface area contributed by atoms with E-state index in [0.29, 0.717) is 36.7 Å². The van der Waals surface area contributed by atoms with Crippen LogP contribution in [0.1, 0.15) is 56.7 Å². The van der Waals surface area contributed by atoms with Crippen molar-refractivity contribution < 1.29 is 9.53 Å². The number of piperidine rings is 1. The van der Waals surface area contributed by atoms with Gasteiger partial charge in [0, 0.05) is 31.4 Å². The summed E-state index contributed by atoms with van der Waals surface area (Å²) in [4.78, 5) is 22.4. The van der Waals surface area contributed by atoms with Crippen LogP contribution in [-0.4, -0.2) is 49.8 Å². The fraction of sp³-hybridized carbons (Fsp3) is 0.526. The number of anilines is 1. The Labute approximate surface area is 164 Å². The summed E-state index contributed by atoms with van der Waals surface area (Å²) in [6.45, 7) is 7.29. The van der Waals surface area contributed by atoms with Crippen molar-refractivity contribution in [2.45, 2.75) is 51.7 Å². The van der Waals surface area contributed by atoms with E-state index in [1.807, 2.05) is 20.8 Å². The average molecular weight is 383 g/mol. The van der Waals surface area contributed by atoms with Gasteiger partial charge in [-0.05, 0) is 39.7 Å². The Kier molecular flexibility index (Phi) is 5.78. The number of carbonyl (C=O) groups excluding carboxylic acids is 1. The first-order valence-electron chi connectivity index (χ1n) is 9.33. The van der Waals surface area contributed by atoms with Crippen LogP contribution in [0.5, 0.6) is 0 Å². The zero-order valence-electron chi connectivity index (χ0n) is 16.4. The normalized spacial score (nSPS) is 15.1. The van der Waals surface area contributed by atoms with Crippen LogP contribution < -0.4 is 5.32 Å². The summed E-state index contributed by atoms with van der Waals surface area (Å²) in [5, 5.41) is 19.6. The van der Waals surface area contributed by atoms with E-state index in [1.165, 1.54) is 6.20 Å². The largest absolute Gasteiger partial charge is 0.444 e. The number of hydrogen-bond acceptors (Lipinski definition) is 7. The molecule has 0 aromatic carbocycles. The van der Waals surface area contributed by atoms with Gasteiger partial charge >= 0.3 is 6.09 Å². The first kappa shape index (κ1) is 19.6. The van der Waals surface area contributed by atoms with Gasteiger partial charge in [0.2, 0.25) is 0 Å². The van der Waals surface area contributed by atoms with E-state index < -0.39 is 5.60 Å². The van der Waals surface area contributed by atoms with Crippen molar-refractivity contribution in [3.05, 3.63) is 35.7 Å². The first-order chi connectivity index (χ1) is 13.4. The molecule has 28 heavy (non-hydrogen) atoms. The number of nitrogens with zero attached hydrogens (tertiary/aromatic N) is 5. The van der Waals surface area contributed by atoms with Crippen LogP contribution >= 0.6 is 0 Å². The van der Waals surface area contributed by atoms with Crippen molar-refractivity contribution >= 4 is 11.8 Å². The maximum Gasteiger partial charge on any atom is 0.410 e. The fourth-order valence-corrected chi connectivity index (χ4v) is 3.04. The second-order valence-corrected chi connectivity index (χ2v) is 7.77. The van der Waals surface area contributed by atoms with Crippen LogP contribution in [0.3, 0.4) is 0 Å². The monoisotopic (exact) mass is 383 g/mol. The smallest absolute Gasteiger partial charge is 0.410 e. The lowest BCUT2D eigenvalue weighted by Gasteiger charge is -2.32. The maximum atomic E-state index is 12.2. The molecule has 2 N–H and O–H groups in total. The minimum atomic E-state index is -0.486. The third kappa shape index (κ3) is 4.97. The average Bonchev–Trinajstić information content (AvgIpc) is 3.14. The lowest BCUT2D eigenvalue weighted by atomic mass is 9.96. The maximum absolute atomic E-state index is 12.2. The Bertz CT molecular complexity index is 858. The first-order valence-corrected chi connectivity index (χ1v) is 9.33. The number of H-pyrrole nitrogens is 1. The molecule has 0 spiro atoms. The number of rotatable bonds is 4. The lowest BCUT2D eigenvalue weighted by Crippen LogP contribution is -2.41. The molecule has 1 saturated heterocycles. The van der Waals surface area contributed by atoms with Gasteiger partial charge in [0.15, 0.2) is 5.82 Å². The molecule has 9 heteroatoms. The van der Waals surface area contributed by atoms with Crippen molar-refractivity contribution in [3.63, 3.8) is 0 Å². The molecule has 0 aliphatic carbocycles. The van der Waals surface area contributed by atoms with Gasteiger partial charge in [0.05, 0.1) is 17.8 Å². The molecular formula is C19H25N7O2. The van der Waals surface area contributed by atoms with Crippen molar-refractivity contribution in [3.8, 4) is 6.07 Å². The number of carbonyl (C=O) groups is 1. The highest BCUT2D eigenvalue weighted by atomic mass is 16.6. The molecule has 1 fully saturated rings. The Morgan fingerprint density at radius 1 is 1.43 bits per heavy atom. The fourth-order valence-electron chi connectivity index (χ4n) is 3.04. The van der Waals surface area contributed by atoms with Crippen molar-refractivity contribution in [1.29, 1.82) is 5.26 Å². The summed E-state index contributed by atoms with van der Waals surface area (Å²) in [6.07, 6.45) is 4.48.